The fraction of sp³-hybridized carbons (Fsp3) is 0.333. The van der Waals surface area contributed by atoms with Crippen molar-refractivity contribution in [3.05, 3.63) is 47.7 Å². The summed E-state index contributed by atoms with van der Waals surface area (Å²) >= 11 is 0. The van der Waals surface area contributed by atoms with Crippen LogP contribution in [0.2, 0.25) is 0 Å². The number of hydrogen-bond acceptors (Lipinski definition) is 4. The molecule has 0 fully saturated rings. The van der Waals surface area contributed by atoms with Gasteiger partial charge in [0.05, 0.1) is 6.61 Å². The largest absolute Gasteiger partial charge is 0.493 e. The van der Waals surface area contributed by atoms with Crippen molar-refractivity contribution in [2.45, 2.75) is 19.3 Å². The number of anilines is 2. The van der Waals surface area contributed by atoms with E-state index in [9.17, 15) is 4.79 Å². The van der Waals surface area contributed by atoms with Crippen LogP contribution in [0.5, 0.6) is 5.75 Å². The van der Waals surface area contributed by atoms with Gasteiger partial charge < -0.3 is 20.1 Å². The van der Waals surface area contributed by atoms with Gasteiger partial charge in [-0.3, -0.25) is 0 Å². The molecule has 0 radical (unpaired) electrons. The number of aromatic nitrogens is 1. The van der Waals surface area contributed by atoms with Gasteiger partial charge >= 0.3 is 6.09 Å². The Bertz CT molecular complexity index is 748. The average molecular weight is 327 g/mol. The van der Waals surface area contributed by atoms with Crippen molar-refractivity contribution < 1.29 is 14.6 Å². The first kappa shape index (κ1) is 16.1. The summed E-state index contributed by atoms with van der Waals surface area (Å²) in [5.41, 5.74) is 3.00. The predicted octanol–water partition coefficient (Wildman–Crippen LogP) is 3.29. The Morgan fingerprint density at radius 2 is 2.25 bits per heavy atom. The molecule has 1 aromatic heterocycles. The first-order valence-electron chi connectivity index (χ1n) is 7.95. The first-order valence-corrected chi connectivity index (χ1v) is 7.95. The average Bonchev–Trinajstić information content (AvgIpc) is 2.58. The number of ether oxygens (including phenoxy) is 1. The van der Waals surface area contributed by atoms with Crippen LogP contribution in [0.15, 0.2) is 36.4 Å². The van der Waals surface area contributed by atoms with Gasteiger partial charge in [0.2, 0.25) is 0 Å². The molecule has 0 unspecified atom stereocenters. The number of amides is 1. The number of nitrogens with zero attached hydrogens (tertiary/aromatic N) is 2. The van der Waals surface area contributed by atoms with E-state index in [1.807, 2.05) is 55.3 Å². The fourth-order valence-electron chi connectivity index (χ4n) is 2.93. The van der Waals surface area contributed by atoms with Crippen LogP contribution in [0.3, 0.4) is 0 Å². The molecular formula is C18H21N3O3. The number of benzene rings is 1. The van der Waals surface area contributed by atoms with Crippen LogP contribution in [-0.4, -0.2) is 36.4 Å². The minimum absolute atomic E-state index is 0.140. The van der Waals surface area contributed by atoms with Crippen LogP contribution in [-0.2, 0) is 0 Å². The van der Waals surface area contributed by atoms with Crippen molar-refractivity contribution in [3.63, 3.8) is 0 Å². The fourth-order valence-corrected chi connectivity index (χ4v) is 2.93. The maximum absolute atomic E-state index is 10.7. The smallest absolute Gasteiger partial charge is 0.404 e. The van der Waals surface area contributed by atoms with E-state index in [-0.39, 0.29) is 5.92 Å². The molecule has 1 atom stereocenters. The topological polar surface area (TPSA) is 74.7 Å². The summed E-state index contributed by atoms with van der Waals surface area (Å²) in [6.45, 7) is 2.96. The van der Waals surface area contributed by atoms with Crippen molar-refractivity contribution >= 4 is 17.6 Å². The van der Waals surface area contributed by atoms with Gasteiger partial charge in [0.25, 0.3) is 0 Å². The highest BCUT2D eigenvalue weighted by Crippen LogP contribution is 2.37. The Hall–Kier alpha value is -2.76. The third kappa shape index (κ3) is 3.42. The van der Waals surface area contributed by atoms with Gasteiger partial charge in [-0.1, -0.05) is 12.1 Å². The maximum atomic E-state index is 10.7. The summed E-state index contributed by atoms with van der Waals surface area (Å²) in [6.07, 6.45) is -0.188. The Morgan fingerprint density at radius 1 is 1.42 bits per heavy atom. The van der Waals surface area contributed by atoms with Crippen molar-refractivity contribution in [1.29, 1.82) is 0 Å². The van der Waals surface area contributed by atoms with E-state index in [1.165, 1.54) is 0 Å². The Balaban J connectivity index is 1.84. The van der Waals surface area contributed by atoms with Gasteiger partial charge in [0.15, 0.2) is 0 Å². The number of rotatable bonds is 4. The monoisotopic (exact) mass is 327 g/mol. The van der Waals surface area contributed by atoms with E-state index in [0.717, 1.165) is 34.9 Å². The molecule has 6 heteroatoms. The minimum atomic E-state index is -0.995. The highest BCUT2D eigenvalue weighted by atomic mass is 16.5. The summed E-state index contributed by atoms with van der Waals surface area (Å²) in [5, 5.41) is 11.3. The molecule has 2 N–H and O–H groups in total. The summed E-state index contributed by atoms with van der Waals surface area (Å²) in [7, 11) is 1.97. The third-order valence-electron chi connectivity index (χ3n) is 4.27. The Kier molecular flexibility index (Phi) is 4.55. The van der Waals surface area contributed by atoms with Gasteiger partial charge in [-0.05, 0) is 37.1 Å². The molecule has 3 rings (SSSR count). The molecule has 2 aromatic rings. The maximum Gasteiger partial charge on any atom is 0.404 e. The van der Waals surface area contributed by atoms with E-state index in [4.69, 9.17) is 9.84 Å². The van der Waals surface area contributed by atoms with E-state index in [1.54, 1.807) is 0 Å². The van der Waals surface area contributed by atoms with Crippen LogP contribution in [0.4, 0.5) is 16.3 Å². The Labute approximate surface area is 141 Å². The first-order chi connectivity index (χ1) is 11.5. The molecule has 1 amide bonds. The normalized spacial score (nSPS) is 16.0. The van der Waals surface area contributed by atoms with Crippen LogP contribution in [0.1, 0.15) is 23.6 Å². The van der Waals surface area contributed by atoms with E-state index in [0.29, 0.717) is 13.2 Å². The van der Waals surface area contributed by atoms with Crippen molar-refractivity contribution in [2.24, 2.45) is 0 Å². The third-order valence-corrected chi connectivity index (χ3v) is 4.27. The molecule has 6 nitrogen and oxygen atoms in total. The lowest BCUT2D eigenvalue weighted by Crippen LogP contribution is -2.29. The second-order valence-electron chi connectivity index (χ2n) is 5.94. The van der Waals surface area contributed by atoms with Crippen LogP contribution in [0.25, 0.3) is 0 Å². The molecule has 0 saturated heterocycles. The SMILES string of the molecule is Cc1cccc(N(C)c2ccc3c(c2)OCC[C@H]3CNC(=O)O)n1. The van der Waals surface area contributed by atoms with Gasteiger partial charge in [-0.2, -0.15) is 0 Å². The number of carbonyl (C=O) groups is 1. The predicted molar refractivity (Wildman–Crippen MR) is 92.4 cm³/mol. The van der Waals surface area contributed by atoms with Gasteiger partial charge in [0.1, 0.15) is 11.6 Å². The second kappa shape index (κ2) is 6.78. The number of hydrogen-bond donors (Lipinski definition) is 2. The molecule has 2 heterocycles. The number of aryl methyl sites for hydroxylation is 1. The molecule has 0 spiro atoms. The quantitative estimate of drug-likeness (QED) is 0.901. The molecule has 1 aliphatic rings. The number of carboxylic acid groups (broad SMARTS) is 1. The zero-order valence-electron chi connectivity index (χ0n) is 13.8. The molecule has 1 aromatic carbocycles. The summed E-state index contributed by atoms with van der Waals surface area (Å²) in [6, 6.07) is 11.9. The van der Waals surface area contributed by atoms with Gasteiger partial charge in [-0.25, -0.2) is 9.78 Å². The van der Waals surface area contributed by atoms with Crippen molar-refractivity contribution in [3.8, 4) is 5.75 Å². The zero-order valence-corrected chi connectivity index (χ0v) is 13.8. The molecule has 126 valence electrons. The second-order valence-corrected chi connectivity index (χ2v) is 5.94. The highest BCUT2D eigenvalue weighted by Gasteiger charge is 2.23. The van der Waals surface area contributed by atoms with E-state index >= 15 is 0 Å². The summed E-state index contributed by atoms with van der Waals surface area (Å²) in [5.74, 6) is 1.83. The highest BCUT2D eigenvalue weighted by molar-refractivity contribution is 5.65. The lowest BCUT2D eigenvalue weighted by atomic mass is 9.92. The van der Waals surface area contributed by atoms with E-state index < -0.39 is 6.09 Å². The number of nitrogens with one attached hydrogen (secondary N) is 1. The molecule has 0 aliphatic carbocycles. The van der Waals surface area contributed by atoms with Crippen LogP contribution < -0.4 is 15.0 Å². The zero-order chi connectivity index (χ0) is 17.1. The molecule has 1 aliphatic heterocycles. The molecule has 24 heavy (non-hydrogen) atoms. The lowest BCUT2D eigenvalue weighted by molar-refractivity contribution is 0.191. The summed E-state index contributed by atoms with van der Waals surface area (Å²) in [4.78, 5) is 17.3. The number of fused-ring (bicyclic) bond motifs is 1. The molecule has 0 bridgehead atoms. The minimum Gasteiger partial charge on any atom is -0.493 e. The van der Waals surface area contributed by atoms with Gasteiger partial charge in [0, 0.05) is 37.0 Å². The Morgan fingerprint density at radius 3 is 3.00 bits per heavy atom. The van der Waals surface area contributed by atoms with E-state index in [2.05, 4.69) is 10.3 Å². The molecule has 0 saturated carbocycles. The van der Waals surface area contributed by atoms with Crippen LogP contribution >= 0.6 is 0 Å². The summed E-state index contributed by atoms with van der Waals surface area (Å²) < 4.78 is 5.79. The number of pyridine rings is 1. The standard InChI is InChI=1S/C18H21N3O3/c1-12-4-3-5-17(20-12)21(2)14-6-7-15-13(11-19-18(22)23)8-9-24-16(15)10-14/h3-7,10,13,19H,8-9,11H2,1-2H3,(H,22,23)/t13-/m0/s1. The molecular weight excluding hydrogens is 306 g/mol. The van der Waals surface area contributed by atoms with Crippen molar-refractivity contribution in [2.75, 3.05) is 25.1 Å². The lowest BCUT2D eigenvalue weighted by Gasteiger charge is -2.28. The van der Waals surface area contributed by atoms with Gasteiger partial charge in [-0.15, -0.1) is 0 Å². The van der Waals surface area contributed by atoms with Crippen molar-refractivity contribution in [1.82, 2.24) is 10.3 Å². The van der Waals surface area contributed by atoms with Crippen LogP contribution in [0, 0.1) is 6.92 Å².